The zero-order chi connectivity index (χ0) is 32.5. The third kappa shape index (κ3) is 10.2. The van der Waals surface area contributed by atoms with Crippen molar-refractivity contribution in [1.82, 2.24) is 0 Å². The average molecular weight is 601 g/mol. The lowest BCUT2D eigenvalue weighted by Crippen LogP contribution is -2.31. The Balaban J connectivity index is 1.68. The number of aryl methyl sites for hydroxylation is 2. The van der Waals surface area contributed by atoms with Crippen LogP contribution in [0.5, 0.6) is 0 Å². The lowest BCUT2D eigenvalue weighted by Gasteiger charge is -2.23. The fraction of sp³-hybridized carbons (Fsp3) is 0.421. The van der Waals surface area contributed by atoms with Gasteiger partial charge in [0.15, 0.2) is 0 Å². The first-order valence-corrected chi connectivity index (χ1v) is 15.5. The molecular weight excluding hydrogens is 552 g/mol. The number of fused-ring (bicyclic) bond motifs is 1. The topological polar surface area (TPSA) is 93.1 Å². The summed E-state index contributed by atoms with van der Waals surface area (Å²) in [4.78, 5) is 24.9. The van der Waals surface area contributed by atoms with E-state index in [2.05, 4.69) is 80.7 Å². The molecule has 3 rings (SSSR count). The molecule has 0 radical (unpaired) electrons. The van der Waals surface area contributed by atoms with E-state index in [0.29, 0.717) is 12.8 Å². The summed E-state index contributed by atoms with van der Waals surface area (Å²) in [6.45, 7) is 15.3. The van der Waals surface area contributed by atoms with Crippen LogP contribution in [0.4, 0.5) is 0 Å². The van der Waals surface area contributed by atoms with E-state index >= 15 is 0 Å². The fourth-order valence-corrected chi connectivity index (χ4v) is 4.72. The zero-order valence-corrected chi connectivity index (χ0v) is 26.9. The van der Waals surface area contributed by atoms with Crippen molar-refractivity contribution in [2.24, 2.45) is 5.92 Å². The van der Waals surface area contributed by atoms with Crippen LogP contribution in [-0.2, 0) is 31.9 Å². The van der Waals surface area contributed by atoms with E-state index < -0.39 is 23.1 Å². The van der Waals surface area contributed by atoms with Gasteiger partial charge in [-0.05, 0) is 92.5 Å². The molecule has 0 aliphatic rings. The second-order valence-electron chi connectivity index (χ2n) is 12.7. The Morgan fingerprint density at radius 3 is 1.75 bits per heavy atom. The van der Waals surface area contributed by atoms with Crippen LogP contribution in [0.1, 0.15) is 71.4 Å². The number of esters is 2. The molecule has 0 saturated heterocycles. The standard InChI is InChI=1S/C38H48O6/c1-8-9-10-11-28-14-17-31(18-15-28)33-21-20-32-22-29(16-19-34(32)23-33)12-13-30(24-43-35(39)26(2)37(4,5)41)25-44-36(40)27(3)38(6,7)42/h14-23,30,41-42H,2-3,8-13,24-25H2,1,4-7H3. The van der Waals surface area contributed by atoms with E-state index in [4.69, 9.17) is 9.47 Å². The highest BCUT2D eigenvalue weighted by atomic mass is 16.5. The molecule has 6 heteroatoms. The highest BCUT2D eigenvalue weighted by Crippen LogP contribution is 2.27. The maximum absolute atomic E-state index is 12.5. The molecule has 0 heterocycles. The third-order valence-corrected chi connectivity index (χ3v) is 7.97. The maximum atomic E-state index is 12.5. The zero-order valence-electron chi connectivity index (χ0n) is 26.9. The van der Waals surface area contributed by atoms with Crippen LogP contribution in [0.25, 0.3) is 21.9 Å². The van der Waals surface area contributed by atoms with Crippen molar-refractivity contribution < 1.29 is 29.3 Å². The second kappa shape index (κ2) is 15.3. The molecule has 0 amide bonds. The van der Waals surface area contributed by atoms with Gasteiger partial charge in [0, 0.05) is 5.92 Å². The van der Waals surface area contributed by atoms with Crippen LogP contribution in [0, 0.1) is 5.92 Å². The molecule has 0 spiro atoms. The average Bonchev–Trinajstić information content (AvgIpc) is 2.98. The van der Waals surface area contributed by atoms with Crippen LogP contribution in [-0.4, -0.2) is 46.6 Å². The van der Waals surface area contributed by atoms with Gasteiger partial charge in [-0.1, -0.05) is 87.5 Å². The van der Waals surface area contributed by atoms with Crippen molar-refractivity contribution >= 4 is 22.7 Å². The van der Waals surface area contributed by atoms with Gasteiger partial charge < -0.3 is 19.7 Å². The molecule has 0 saturated carbocycles. The number of unbranched alkanes of at least 4 members (excludes halogenated alkanes) is 2. The molecule has 0 fully saturated rings. The van der Waals surface area contributed by atoms with Crippen LogP contribution in [0.15, 0.2) is 85.0 Å². The van der Waals surface area contributed by atoms with Gasteiger partial charge >= 0.3 is 11.9 Å². The van der Waals surface area contributed by atoms with Gasteiger partial charge in [-0.25, -0.2) is 9.59 Å². The van der Waals surface area contributed by atoms with Gasteiger partial charge in [-0.15, -0.1) is 0 Å². The molecule has 0 aliphatic carbocycles. The summed E-state index contributed by atoms with van der Waals surface area (Å²) in [6, 6.07) is 21.7. The molecule has 0 aliphatic heterocycles. The molecule has 6 nitrogen and oxygen atoms in total. The SMILES string of the molecule is C=C(C(=O)OCC(CCc1ccc2cc(-c3ccc(CCCCC)cc3)ccc2c1)COC(=O)C(=C)C(C)(C)O)C(C)(C)O. The fourth-order valence-electron chi connectivity index (χ4n) is 4.72. The van der Waals surface area contributed by atoms with E-state index in [1.54, 1.807) is 0 Å². The molecule has 2 N–H and O–H groups in total. The number of ether oxygens (including phenoxy) is 2. The number of carbonyl (C=O) groups is 2. The molecule has 0 aromatic heterocycles. The summed E-state index contributed by atoms with van der Waals surface area (Å²) in [5, 5.41) is 22.5. The molecule has 0 atom stereocenters. The molecule has 0 bridgehead atoms. The summed E-state index contributed by atoms with van der Waals surface area (Å²) in [7, 11) is 0. The van der Waals surface area contributed by atoms with Crippen molar-refractivity contribution in [2.75, 3.05) is 13.2 Å². The van der Waals surface area contributed by atoms with Crippen LogP contribution < -0.4 is 0 Å². The van der Waals surface area contributed by atoms with Crippen molar-refractivity contribution in [3.05, 3.63) is 96.1 Å². The number of hydrogen-bond donors (Lipinski definition) is 2. The first-order chi connectivity index (χ1) is 20.7. The summed E-state index contributed by atoms with van der Waals surface area (Å²) in [6.07, 6.45) is 6.06. The molecule has 0 unspecified atom stereocenters. The summed E-state index contributed by atoms with van der Waals surface area (Å²) in [5.41, 5.74) is 1.92. The first kappa shape index (κ1) is 34.7. The third-order valence-electron chi connectivity index (χ3n) is 7.97. The molecule has 3 aromatic carbocycles. The summed E-state index contributed by atoms with van der Waals surface area (Å²) < 4.78 is 10.9. The molecular formula is C38H48O6. The van der Waals surface area contributed by atoms with Crippen LogP contribution in [0.2, 0.25) is 0 Å². The Kier molecular flexibility index (Phi) is 12.1. The van der Waals surface area contributed by atoms with Crippen LogP contribution in [0.3, 0.4) is 0 Å². The van der Waals surface area contributed by atoms with Crippen LogP contribution >= 0.6 is 0 Å². The summed E-state index contributed by atoms with van der Waals surface area (Å²) in [5.74, 6) is -1.74. The number of benzene rings is 3. The maximum Gasteiger partial charge on any atom is 0.336 e. The lowest BCUT2D eigenvalue weighted by molar-refractivity contribution is -0.146. The molecule has 3 aromatic rings. The highest BCUT2D eigenvalue weighted by molar-refractivity contribution is 5.90. The Hall–Kier alpha value is -3.74. The lowest BCUT2D eigenvalue weighted by atomic mass is 9.96. The van der Waals surface area contributed by atoms with E-state index in [9.17, 15) is 19.8 Å². The van der Waals surface area contributed by atoms with Gasteiger partial charge in [0.05, 0.1) is 35.6 Å². The van der Waals surface area contributed by atoms with E-state index in [-0.39, 0.29) is 30.3 Å². The van der Waals surface area contributed by atoms with Crippen molar-refractivity contribution in [1.29, 1.82) is 0 Å². The molecule has 236 valence electrons. The van der Waals surface area contributed by atoms with E-state index in [1.807, 2.05) is 0 Å². The van der Waals surface area contributed by atoms with Crippen molar-refractivity contribution in [3.63, 3.8) is 0 Å². The minimum Gasteiger partial charge on any atom is -0.462 e. The number of aliphatic hydroxyl groups is 2. The number of hydrogen-bond acceptors (Lipinski definition) is 6. The minimum absolute atomic E-state index is 0.0233. The quantitative estimate of drug-likeness (QED) is 0.100. The van der Waals surface area contributed by atoms with E-state index in [0.717, 1.165) is 22.8 Å². The highest BCUT2D eigenvalue weighted by Gasteiger charge is 2.28. The van der Waals surface area contributed by atoms with Gasteiger partial charge in [-0.2, -0.15) is 0 Å². The summed E-state index contributed by atoms with van der Waals surface area (Å²) >= 11 is 0. The smallest absolute Gasteiger partial charge is 0.336 e. The van der Waals surface area contributed by atoms with Crippen molar-refractivity contribution in [2.45, 2.75) is 84.3 Å². The number of carbonyl (C=O) groups excluding carboxylic acids is 2. The monoisotopic (exact) mass is 600 g/mol. The Bertz CT molecular complexity index is 1410. The number of rotatable bonds is 16. The predicted octanol–water partition coefficient (Wildman–Crippen LogP) is 7.53. The van der Waals surface area contributed by atoms with Gasteiger partial charge in [0.1, 0.15) is 0 Å². The minimum atomic E-state index is -1.41. The Morgan fingerprint density at radius 1 is 0.705 bits per heavy atom. The first-order valence-electron chi connectivity index (χ1n) is 15.5. The Morgan fingerprint density at radius 2 is 1.20 bits per heavy atom. The van der Waals surface area contributed by atoms with E-state index in [1.165, 1.54) is 63.6 Å². The van der Waals surface area contributed by atoms with Gasteiger partial charge in [0.2, 0.25) is 0 Å². The normalized spacial score (nSPS) is 11.9. The Labute approximate surface area is 262 Å². The van der Waals surface area contributed by atoms with Crippen molar-refractivity contribution in [3.8, 4) is 11.1 Å². The largest absolute Gasteiger partial charge is 0.462 e. The predicted molar refractivity (Wildman–Crippen MR) is 177 cm³/mol. The molecule has 44 heavy (non-hydrogen) atoms. The second-order valence-corrected chi connectivity index (χ2v) is 12.7. The van der Waals surface area contributed by atoms with Gasteiger partial charge in [-0.3, -0.25) is 0 Å². The van der Waals surface area contributed by atoms with Gasteiger partial charge in [0.25, 0.3) is 0 Å².